The van der Waals surface area contributed by atoms with Gasteiger partial charge in [0.25, 0.3) is 10.2 Å². The van der Waals surface area contributed by atoms with Gasteiger partial charge in [-0.15, -0.1) is 11.3 Å². The number of hydrogen-bond acceptors (Lipinski definition) is 12. The number of pyridine rings is 1. The number of benzene rings is 1. The summed E-state index contributed by atoms with van der Waals surface area (Å²) in [5, 5.41) is 26.2. The van der Waals surface area contributed by atoms with Gasteiger partial charge in [-0.1, -0.05) is 51.2 Å². The van der Waals surface area contributed by atoms with Crippen LogP contribution in [0, 0.1) is 11.3 Å². The lowest BCUT2D eigenvalue weighted by atomic mass is 9.70. The smallest absolute Gasteiger partial charge is 0.330 e. The number of anilines is 1. The van der Waals surface area contributed by atoms with Crippen LogP contribution in [0.5, 0.6) is 11.5 Å². The number of carbonyl (C=O) groups is 4. The second-order valence-corrected chi connectivity index (χ2v) is 23.5. The topological polar surface area (TPSA) is 225 Å². The van der Waals surface area contributed by atoms with Crippen LogP contribution in [-0.2, 0) is 24.6 Å². The molecule has 382 valence electrons. The van der Waals surface area contributed by atoms with Crippen LogP contribution in [0.3, 0.4) is 0 Å². The zero-order chi connectivity index (χ0) is 50.0. The number of nitrogens with zero attached hydrogens (tertiary/aromatic N) is 5. The molecule has 2 unspecified atom stereocenters. The van der Waals surface area contributed by atoms with Crippen molar-refractivity contribution < 1.29 is 42.2 Å². The molecule has 2 saturated carbocycles. The third kappa shape index (κ3) is 11.2. The van der Waals surface area contributed by atoms with Crippen molar-refractivity contribution in [3.05, 3.63) is 41.8 Å². The SMILES string of the molecule is COc1ccc2c(O[C@@H]3C[C@H]4C(=O)N[C@]5(C(=O)O)CC5C=CCCCCC[C@H](NC(=O)NC(CN5CCCN(C(C)C)S5(=O)=O)C5(C)CCCCC5)C(=O)N4C3)cc(-c3csc(NC(C)C)n3)nc2c1. The number of aromatic nitrogens is 2. The lowest BCUT2D eigenvalue weighted by Gasteiger charge is -2.45. The molecule has 5 heterocycles. The van der Waals surface area contributed by atoms with Crippen molar-refractivity contribution in [1.82, 2.24) is 39.4 Å². The van der Waals surface area contributed by atoms with Gasteiger partial charge in [-0.3, -0.25) is 9.59 Å². The monoisotopic (exact) mass is 1010 g/mol. The third-order valence-electron chi connectivity index (χ3n) is 14.9. The summed E-state index contributed by atoms with van der Waals surface area (Å²) >= 11 is 1.46. The molecule has 6 atom stereocenters. The van der Waals surface area contributed by atoms with E-state index in [4.69, 9.17) is 19.4 Å². The van der Waals surface area contributed by atoms with Crippen LogP contribution in [-0.4, -0.2) is 136 Å². The summed E-state index contributed by atoms with van der Waals surface area (Å²) in [6, 6.07) is 3.87. The summed E-state index contributed by atoms with van der Waals surface area (Å²) in [6.45, 7) is 10.7. The number of carboxylic acid groups (broad SMARTS) is 1. The molecule has 20 heteroatoms. The molecule has 8 rings (SSSR count). The first-order valence-electron chi connectivity index (χ1n) is 25.1. The van der Waals surface area contributed by atoms with E-state index >= 15 is 4.79 Å². The maximum Gasteiger partial charge on any atom is 0.330 e. The van der Waals surface area contributed by atoms with Crippen LogP contribution >= 0.6 is 11.3 Å². The van der Waals surface area contributed by atoms with E-state index in [-0.39, 0.29) is 44.4 Å². The van der Waals surface area contributed by atoms with E-state index in [1.807, 2.05) is 51.3 Å². The van der Waals surface area contributed by atoms with E-state index in [0.29, 0.717) is 66.1 Å². The molecular weight excluding hydrogens is 935 g/mol. The molecule has 70 heavy (non-hydrogen) atoms. The second-order valence-electron chi connectivity index (χ2n) is 20.7. The Bertz CT molecular complexity index is 2550. The van der Waals surface area contributed by atoms with Crippen LogP contribution in [0.25, 0.3) is 22.3 Å². The average molecular weight is 1010 g/mol. The Labute approximate surface area is 415 Å². The summed E-state index contributed by atoms with van der Waals surface area (Å²) in [5.74, 6) is -1.60. The minimum Gasteiger partial charge on any atom is -0.497 e. The number of carboxylic acids is 1. The van der Waals surface area contributed by atoms with E-state index in [1.54, 1.807) is 25.3 Å². The molecule has 18 nitrogen and oxygen atoms in total. The van der Waals surface area contributed by atoms with Crippen molar-refractivity contribution in [2.45, 2.75) is 160 Å². The Kier molecular flexibility index (Phi) is 15.6. The molecule has 0 spiro atoms. The predicted octanol–water partition coefficient (Wildman–Crippen LogP) is 6.68. The number of aliphatic carboxylic acids is 1. The number of thiazole rings is 1. The molecule has 1 aromatic carbocycles. The van der Waals surface area contributed by atoms with Gasteiger partial charge >= 0.3 is 12.0 Å². The molecule has 5 N–H and O–H groups in total. The number of fused-ring (bicyclic) bond motifs is 3. The van der Waals surface area contributed by atoms with Crippen molar-refractivity contribution >= 4 is 61.4 Å². The Balaban J connectivity index is 1.09. The number of hydrogen-bond donors (Lipinski definition) is 5. The Morgan fingerprint density at radius 2 is 1.77 bits per heavy atom. The van der Waals surface area contributed by atoms with Crippen molar-refractivity contribution in [1.29, 1.82) is 0 Å². The van der Waals surface area contributed by atoms with Gasteiger partial charge in [0.2, 0.25) is 11.8 Å². The highest BCUT2D eigenvalue weighted by atomic mass is 32.2. The zero-order valence-electron chi connectivity index (χ0n) is 41.4. The van der Waals surface area contributed by atoms with Gasteiger partial charge in [-0.05, 0) is 90.2 Å². The fourth-order valence-electron chi connectivity index (χ4n) is 10.8. The number of amides is 4. The third-order valence-corrected chi connectivity index (χ3v) is 17.8. The standard InChI is InChI=1S/C50H71N9O9S2/c1-31(2)51-48-54-40(30-69-48)39-26-42(36-19-18-34(67-6)24-38(36)52-39)68-35-25-41-44(60)56-50(46(62)63)27-33(50)16-11-8-7-9-12-17-37(45(61)58(41)28-35)53-47(64)55-43(49(5)20-13-10-14-21-49)29-57-22-15-23-59(32(3)4)70(57,65)66/h11,16,18-19,24,26,30-33,35,37,41,43H,7-10,12-15,17,20-23,25,27-29H2,1-6H3,(H,51,54)(H,56,60)(H,62,63)(H2,53,55,64)/t33?,35-,37+,41+,43?,50-/m1/s1. The zero-order valence-corrected chi connectivity index (χ0v) is 43.0. The summed E-state index contributed by atoms with van der Waals surface area (Å²) in [7, 11) is -2.21. The highest BCUT2D eigenvalue weighted by molar-refractivity contribution is 7.86. The highest BCUT2D eigenvalue weighted by Crippen LogP contribution is 2.46. The van der Waals surface area contributed by atoms with Crippen molar-refractivity contribution in [2.75, 3.05) is 38.6 Å². The average Bonchev–Trinajstić information content (AvgIpc) is 3.57. The first-order chi connectivity index (χ1) is 33.4. The lowest BCUT2D eigenvalue weighted by molar-refractivity contribution is -0.145. The van der Waals surface area contributed by atoms with Gasteiger partial charge < -0.3 is 40.7 Å². The minimum atomic E-state index is -3.79. The van der Waals surface area contributed by atoms with Gasteiger partial charge in [0.05, 0.1) is 24.9 Å². The van der Waals surface area contributed by atoms with E-state index in [0.717, 1.165) is 50.1 Å². The maximum absolute atomic E-state index is 15.2. The first kappa shape index (κ1) is 51.3. The highest BCUT2D eigenvalue weighted by Gasteiger charge is 2.61. The second kappa shape index (κ2) is 21.3. The molecule has 5 aliphatic rings. The number of methoxy groups -OCH3 is 1. The van der Waals surface area contributed by atoms with Crippen molar-refractivity contribution in [2.24, 2.45) is 11.3 Å². The Morgan fingerprint density at radius 1 is 1.00 bits per heavy atom. The molecule has 2 aromatic heterocycles. The molecule has 0 radical (unpaired) electrons. The molecule has 4 amide bonds. The fraction of sp³-hybridized carbons (Fsp3) is 0.640. The summed E-state index contributed by atoms with van der Waals surface area (Å²) < 4.78 is 43.2. The van der Waals surface area contributed by atoms with Gasteiger partial charge in [-0.25, -0.2) is 19.6 Å². The van der Waals surface area contributed by atoms with E-state index < -0.39 is 75.1 Å². The number of carbonyl (C=O) groups excluding carboxylic acids is 3. The molecule has 0 bridgehead atoms. The fourth-order valence-corrected chi connectivity index (χ4v) is 13.5. The van der Waals surface area contributed by atoms with E-state index in [1.165, 1.54) is 24.8 Å². The molecular formula is C50H71N9O9S2. The van der Waals surface area contributed by atoms with Crippen LogP contribution in [0.4, 0.5) is 9.93 Å². The van der Waals surface area contributed by atoms with Crippen molar-refractivity contribution in [3.8, 4) is 22.9 Å². The first-order valence-corrected chi connectivity index (χ1v) is 27.4. The molecule has 2 aliphatic carbocycles. The van der Waals surface area contributed by atoms with Crippen LogP contribution in [0.2, 0.25) is 0 Å². The summed E-state index contributed by atoms with van der Waals surface area (Å²) in [6.07, 6.45) is 11.7. The molecule has 2 saturated heterocycles. The van der Waals surface area contributed by atoms with Crippen LogP contribution < -0.4 is 30.7 Å². The lowest BCUT2D eigenvalue weighted by Crippen LogP contribution is -2.61. The molecule has 3 aromatic rings. The summed E-state index contributed by atoms with van der Waals surface area (Å²) in [4.78, 5) is 68.2. The molecule has 3 aliphatic heterocycles. The van der Waals surface area contributed by atoms with Crippen LogP contribution in [0.1, 0.15) is 118 Å². The Morgan fingerprint density at radius 3 is 2.50 bits per heavy atom. The van der Waals surface area contributed by atoms with Gasteiger partial charge in [-0.2, -0.15) is 17.0 Å². The molecule has 4 fully saturated rings. The number of ether oxygens (including phenoxy) is 2. The van der Waals surface area contributed by atoms with Gasteiger partial charge in [0.15, 0.2) is 5.13 Å². The minimum absolute atomic E-state index is 0.0333. The largest absolute Gasteiger partial charge is 0.497 e. The normalized spacial score (nSPS) is 26.9. The number of urea groups is 1. The number of rotatable bonds is 13. The van der Waals surface area contributed by atoms with Gasteiger partial charge in [0, 0.05) is 73.0 Å². The maximum atomic E-state index is 15.2. The van der Waals surface area contributed by atoms with Crippen molar-refractivity contribution in [3.63, 3.8) is 0 Å². The van der Waals surface area contributed by atoms with E-state index in [2.05, 4.69) is 28.2 Å². The Hall–Kier alpha value is -5.05. The predicted molar refractivity (Wildman–Crippen MR) is 269 cm³/mol. The number of allylic oxidation sites excluding steroid dienone is 1. The quantitative estimate of drug-likeness (QED) is 0.113. The van der Waals surface area contributed by atoms with E-state index in [9.17, 15) is 27.9 Å². The van der Waals surface area contributed by atoms with Gasteiger partial charge in [0.1, 0.15) is 40.9 Å². The number of nitrogens with one attached hydrogen (secondary N) is 4. The summed E-state index contributed by atoms with van der Waals surface area (Å²) in [5.41, 5.74) is -0.147. The van der Waals surface area contributed by atoms with Crippen LogP contribution in [0.15, 0.2) is 41.8 Å².